The quantitative estimate of drug-likeness (QED) is 0.657. The third kappa shape index (κ3) is 4.33. The number of halogens is 2. The summed E-state index contributed by atoms with van der Waals surface area (Å²) in [4.78, 5) is 6.92. The Morgan fingerprint density at radius 3 is 2.36 bits per heavy atom. The van der Waals surface area contributed by atoms with E-state index in [0.29, 0.717) is 12.1 Å². The minimum absolute atomic E-state index is 0. The Morgan fingerprint density at radius 1 is 1.04 bits per heavy atom. The Bertz CT molecular complexity index is 925. The molecule has 0 saturated heterocycles. The van der Waals surface area contributed by atoms with Crippen LogP contribution >= 0.6 is 24.8 Å². The lowest BCUT2D eigenvalue weighted by molar-refractivity contribution is 0.386. The molecule has 136 valence electrons. The SMILES string of the molecule is CN(C)CCn1cc(S(=O)(=O)c2ccccc2)c2ncccc21.Cl.Cl. The maximum Gasteiger partial charge on any atom is 0.210 e. The van der Waals surface area contributed by atoms with Crippen LogP contribution in [0.15, 0.2) is 64.6 Å². The van der Waals surface area contributed by atoms with Crippen LogP contribution in [0.5, 0.6) is 0 Å². The summed E-state index contributed by atoms with van der Waals surface area (Å²) in [5.41, 5.74) is 1.36. The second-order valence-corrected chi connectivity index (χ2v) is 7.60. The largest absolute Gasteiger partial charge is 0.344 e. The van der Waals surface area contributed by atoms with Crippen molar-refractivity contribution in [2.75, 3.05) is 20.6 Å². The average molecular weight is 402 g/mol. The van der Waals surface area contributed by atoms with Gasteiger partial charge in [-0.05, 0) is 38.4 Å². The number of nitrogens with zero attached hydrogens (tertiary/aromatic N) is 3. The van der Waals surface area contributed by atoms with Gasteiger partial charge in [0.05, 0.1) is 10.4 Å². The van der Waals surface area contributed by atoms with Gasteiger partial charge in [0.2, 0.25) is 9.84 Å². The topological polar surface area (TPSA) is 55.2 Å². The van der Waals surface area contributed by atoms with Crippen molar-refractivity contribution in [1.29, 1.82) is 0 Å². The number of hydrogen-bond acceptors (Lipinski definition) is 4. The molecule has 8 heteroatoms. The van der Waals surface area contributed by atoms with Gasteiger partial charge in [-0.2, -0.15) is 0 Å². The molecule has 0 atom stereocenters. The van der Waals surface area contributed by atoms with E-state index in [2.05, 4.69) is 9.88 Å². The molecule has 3 aromatic rings. The summed E-state index contributed by atoms with van der Waals surface area (Å²) in [6.07, 6.45) is 3.33. The second-order valence-electron chi connectivity index (χ2n) is 5.68. The highest BCUT2D eigenvalue weighted by Crippen LogP contribution is 2.28. The van der Waals surface area contributed by atoms with Gasteiger partial charge in [0.15, 0.2) is 0 Å². The zero-order valence-electron chi connectivity index (χ0n) is 14.0. The normalized spacial score (nSPS) is 11.2. The Hall–Kier alpha value is -1.60. The van der Waals surface area contributed by atoms with Crippen LogP contribution < -0.4 is 0 Å². The van der Waals surface area contributed by atoms with Gasteiger partial charge in [0.25, 0.3) is 0 Å². The first-order valence-electron chi connectivity index (χ1n) is 7.39. The lowest BCUT2D eigenvalue weighted by atomic mass is 10.4. The highest BCUT2D eigenvalue weighted by molar-refractivity contribution is 7.91. The van der Waals surface area contributed by atoms with Crippen molar-refractivity contribution >= 4 is 45.7 Å². The Labute approximate surface area is 160 Å². The number of aromatic nitrogens is 2. The third-order valence-corrected chi connectivity index (χ3v) is 5.50. The summed E-state index contributed by atoms with van der Waals surface area (Å²) in [6.45, 7) is 1.53. The summed E-state index contributed by atoms with van der Waals surface area (Å²) in [7, 11) is 0.403. The molecule has 25 heavy (non-hydrogen) atoms. The van der Waals surface area contributed by atoms with E-state index in [-0.39, 0.29) is 34.6 Å². The summed E-state index contributed by atoms with van der Waals surface area (Å²) in [5.74, 6) is 0. The summed E-state index contributed by atoms with van der Waals surface area (Å²) in [5, 5.41) is 0. The number of rotatable bonds is 5. The Kier molecular flexibility index (Phi) is 7.44. The molecule has 5 nitrogen and oxygen atoms in total. The Balaban J connectivity index is 0.00000156. The van der Waals surface area contributed by atoms with E-state index in [9.17, 15) is 8.42 Å². The van der Waals surface area contributed by atoms with Gasteiger partial charge >= 0.3 is 0 Å². The molecule has 0 amide bonds. The van der Waals surface area contributed by atoms with Crippen LogP contribution in [0, 0.1) is 0 Å². The van der Waals surface area contributed by atoms with Crippen molar-refractivity contribution in [2.45, 2.75) is 16.3 Å². The molecule has 1 aromatic carbocycles. The van der Waals surface area contributed by atoms with Crippen molar-refractivity contribution in [1.82, 2.24) is 14.5 Å². The molecule has 3 rings (SSSR count). The van der Waals surface area contributed by atoms with E-state index in [4.69, 9.17) is 0 Å². The lowest BCUT2D eigenvalue weighted by Gasteiger charge is -2.10. The average Bonchev–Trinajstić information content (AvgIpc) is 2.93. The zero-order chi connectivity index (χ0) is 16.4. The van der Waals surface area contributed by atoms with E-state index in [1.165, 1.54) is 0 Å². The fourth-order valence-electron chi connectivity index (χ4n) is 2.51. The van der Waals surface area contributed by atoms with Crippen LogP contribution in [-0.2, 0) is 16.4 Å². The first kappa shape index (κ1) is 21.4. The number of sulfone groups is 1. The van der Waals surface area contributed by atoms with E-state index < -0.39 is 9.84 Å². The molecule has 0 N–H and O–H groups in total. The van der Waals surface area contributed by atoms with E-state index >= 15 is 0 Å². The summed E-state index contributed by atoms with van der Waals surface area (Å²) >= 11 is 0. The molecular weight excluding hydrogens is 381 g/mol. The summed E-state index contributed by atoms with van der Waals surface area (Å²) < 4.78 is 27.8. The van der Waals surface area contributed by atoms with Crippen molar-refractivity contribution in [2.24, 2.45) is 0 Å². The van der Waals surface area contributed by atoms with Crippen LogP contribution in [0.4, 0.5) is 0 Å². The molecule has 2 heterocycles. The minimum atomic E-state index is -3.58. The van der Waals surface area contributed by atoms with Gasteiger partial charge in [-0.1, -0.05) is 18.2 Å². The van der Waals surface area contributed by atoms with E-state index in [1.54, 1.807) is 42.7 Å². The number of likely N-dealkylation sites (N-methyl/N-ethyl adjacent to an activating group) is 1. The minimum Gasteiger partial charge on any atom is -0.344 e. The van der Waals surface area contributed by atoms with Crippen LogP contribution in [-0.4, -0.2) is 43.5 Å². The molecule has 0 radical (unpaired) electrons. The van der Waals surface area contributed by atoms with Gasteiger partial charge in [-0.25, -0.2) is 8.42 Å². The molecule has 0 aliphatic heterocycles. The maximum atomic E-state index is 12.9. The van der Waals surface area contributed by atoms with E-state index in [0.717, 1.165) is 12.1 Å². The molecule has 0 saturated carbocycles. The predicted molar refractivity (Wildman–Crippen MR) is 105 cm³/mol. The predicted octanol–water partition coefficient (Wildman–Crippen LogP) is 3.27. The van der Waals surface area contributed by atoms with Gasteiger partial charge in [0.1, 0.15) is 10.4 Å². The molecule has 0 aliphatic rings. The molecule has 0 spiro atoms. The maximum absolute atomic E-state index is 12.9. The van der Waals surface area contributed by atoms with E-state index in [1.807, 2.05) is 30.8 Å². The van der Waals surface area contributed by atoms with Crippen LogP contribution in [0.3, 0.4) is 0 Å². The van der Waals surface area contributed by atoms with Crippen LogP contribution in [0.2, 0.25) is 0 Å². The fourth-order valence-corrected chi connectivity index (χ4v) is 3.95. The smallest absolute Gasteiger partial charge is 0.210 e. The molecule has 0 aliphatic carbocycles. The van der Waals surface area contributed by atoms with Gasteiger partial charge in [-0.3, -0.25) is 4.98 Å². The molecular formula is C17H21Cl2N3O2S. The number of pyridine rings is 1. The number of hydrogen-bond donors (Lipinski definition) is 0. The van der Waals surface area contributed by atoms with Crippen molar-refractivity contribution in [3.8, 4) is 0 Å². The second kappa shape index (κ2) is 8.67. The molecule has 0 unspecified atom stereocenters. The summed E-state index contributed by atoms with van der Waals surface area (Å²) in [6, 6.07) is 12.2. The fraction of sp³-hybridized carbons (Fsp3) is 0.235. The highest BCUT2D eigenvalue weighted by atomic mass is 35.5. The van der Waals surface area contributed by atoms with Crippen molar-refractivity contribution in [3.05, 3.63) is 54.9 Å². The number of fused-ring (bicyclic) bond motifs is 1. The van der Waals surface area contributed by atoms with Crippen molar-refractivity contribution in [3.63, 3.8) is 0 Å². The first-order valence-corrected chi connectivity index (χ1v) is 8.87. The molecule has 0 fully saturated rings. The molecule has 2 aromatic heterocycles. The monoisotopic (exact) mass is 401 g/mol. The molecule has 0 bridgehead atoms. The van der Waals surface area contributed by atoms with Crippen LogP contribution in [0.1, 0.15) is 0 Å². The highest BCUT2D eigenvalue weighted by Gasteiger charge is 2.23. The zero-order valence-corrected chi connectivity index (χ0v) is 16.4. The standard InChI is InChI=1S/C17H19N3O2S.2ClH/c1-19(2)11-12-20-13-16(17-15(20)9-6-10-18-17)23(21,22)14-7-4-3-5-8-14;;/h3-10,13H,11-12H2,1-2H3;2*1H. The van der Waals surface area contributed by atoms with Crippen LogP contribution in [0.25, 0.3) is 11.0 Å². The Morgan fingerprint density at radius 2 is 1.72 bits per heavy atom. The van der Waals surface area contributed by atoms with Gasteiger partial charge in [0, 0.05) is 25.5 Å². The number of benzene rings is 1. The first-order chi connectivity index (χ1) is 11.0. The van der Waals surface area contributed by atoms with Gasteiger partial charge in [-0.15, -0.1) is 24.8 Å². The van der Waals surface area contributed by atoms with Gasteiger partial charge < -0.3 is 9.47 Å². The van der Waals surface area contributed by atoms with Crippen molar-refractivity contribution < 1.29 is 8.42 Å². The third-order valence-electron chi connectivity index (χ3n) is 3.73. The lowest BCUT2D eigenvalue weighted by Crippen LogP contribution is -2.18.